The molecular formula is C21H23N3O. The van der Waals surface area contributed by atoms with E-state index in [1.54, 1.807) is 0 Å². The van der Waals surface area contributed by atoms with Gasteiger partial charge in [-0.1, -0.05) is 66.3 Å². The second-order valence-electron chi connectivity index (χ2n) is 5.64. The molecule has 0 unspecified atom stereocenters. The van der Waals surface area contributed by atoms with Gasteiger partial charge in [-0.15, -0.1) is 0 Å². The molecule has 0 aliphatic heterocycles. The number of nitrogens with zero attached hydrogens (tertiary/aromatic N) is 1. The van der Waals surface area contributed by atoms with Gasteiger partial charge in [0.1, 0.15) is 0 Å². The van der Waals surface area contributed by atoms with Crippen LogP contribution in [-0.4, -0.2) is 18.2 Å². The van der Waals surface area contributed by atoms with Gasteiger partial charge in [-0.3, -0.25) is 4.79 Å². The van der Waals surface area contributed by atoms with E-state index >= 15 is 0 Å². The second-order valence-corrected chi connectivity index (χ2v) is 5.64. The third-order valence-corrected chi connectivity index (χ3v) is 3.40. The van der Waals surface area contributed by atoms with Crippen LogP contribution in [0.5, 0.6) is 0 Å². The second kappa shape index (κ2) is 9.88. The maximum Gasteiger partial charge on any atom is 0.259 e. The molecule has 0 heterocycles. The van der Waals surface area contributed by atoms with Gasteiger partial charge < -0.3 is 5.32 Å². The Morgan fingerprint density at radius 3 is 2.48 bits per heavy atom. The van der Waals surface area contributed by atoms with E-state index in [2.05, 4.69) is 15.8 Å². The third kappa shape index (κ3) is 7.31. The van der Waals surface area contributed by atoms with E-state index in [1.807, 2.05) is 92.7 Å². The largest absolute Gasteiger partial charge is 0.376 e. The Hall–Kier alpha value is -3.14. The number of amides is 1. The van der Waals surface area contributed by atoms with Crippen LogP contribution in [0.3, 0.4) is 0 Å². The van der Waals surface area contributed by atoms with Gasteiger partial charge in [0.25, 0.3) is 5.91 Å². The lowest BCUT2D eigenvalue weighted by molar-refractivity contribution is -0.119. The van der Waals surface area contributed by atoms with Crippen molar-refractivity contribution in [1.82, 2.24) is 5.43 Å². The summed E-state index contributed by atoms with van der Waals surface area (Å²) >= 11 is 0. The van der Waals surface area contributed by atoms with Crippen molar-refractivity contribution < 1.29 is 4.79 Å². The van der Waals surface area contributed by atoms with Gasteiger partial charge in [-0.25, -0.2) is 5.43 Å². The molecule has 0 atom stereocenters. The zero-order valence-electron chi connectivity index (χ0n) is 14.6. The minimum atomic E-state index is -0.187. The van der Waals surface area contributed by atoms with Crippen LogP contribution in [0.15, 0.2) is 77.9 Å². The molecule has 2 aromatic carbocycles. The van der Waals surface area contributed by atoms with Gasteiger partial charge in [0.05, 0.1) is 12.3 Å². The summed E-state index contributed by atoms with van der Waals surface area (Å²) in [6.45, 7) is 4.04. The van der Waals surface area contributed by atoms with E-state index in [-0.39, 0.29) is 12.5 Å². The minimum absolute atomic E-state index is 0.178. The van der Waals surface area contributed by atoms with Crippen LogP contribution >= 0.6 is 0 Å². The standard InChI is InChI=1S/C21H23N3O/c1-17-12-14-20(15-13-17)22-16-21(25)24-23-18(2)8-6-7-11-19-9-4-3-5-10-19/h3-15,22H,16H2,1-2H3,(H,24,25)/b8-6+,11-7+,23-18+. The molecule has 0 aliphatic rings. The van der Waals surface area contributed by atoms with Crippen LogP contribution in [-0.2, 0) is 4.79 Å². The molecule has 0 aromatic heterocycles. The number of carbonyl (C=O) groups is 1. The molecule has 0 saturated carbocycles. The van der Waals surface area contributed by atoms with Crippen molar-refractivity contribution >= 4 is 23.4 Å². The van der Waals surface area contributed by atoms with Gasteiger partial charge in [0, 0.05) is 5.69 Å². The van der Waals surface area contributed by atoms with Crippen molar-refractivity contribution in [1.29, 1.82) is 0 Å². The Balaban J connectivity index is 1.74. The lowest BCUT2D eigenvalue weighted by Crippen LogP contribution is -2.26. The SMILES string of the molecule is CC(/C=C/C=C/c1ccccc1)=N\NC(=O)CNc1ccc(C)cc1. The van der Waals surface area contributed by atoms with Gasteiger partial charge in [-0.05, 0) is 37.6 Å². The quantitative estimate of drug-likeness (QED) is 0.454. The van der Waals surface area contributed by atoms with Crippen molar-refractivity contribution in [3.8, 4) is 0 Å². The summed E-state index contributed by atoms with van der Waals surface area (Å²) in [5, 5.41) is 7.11. The topological polar surface area (TPSA) is 53.5 Å². The summed E-state index contributed by atoms with van der Waals surface area (Å²) in [5.41, 5.74) is 6.49. The summed E-state index contributed by atoms with van der Waals surface area (Å²) in [6, 6.07) is 17.9. The highest BCUT2D eigenvalue weighted by atomic mass is 16.2. The van der Waals surface area contributed by atoms with Gasteiger partial charge >= 0.3 is 0 Å². The lowest BCUT2D eigenvalue weighted by atomic mass is 10.2. The average Bonchev–Trinajstić information content (AvgIpc) is 2.64. The Morgan fingerprint density at radius 2 is 1.76 bits per heavy atom. The fourth-order valence-corrected chi connectivity index (χ4v) is 2.01. The zero-order chi connectivity index (χ0) is 17.9. The monoisotopic (exact) mass is 333 g/mol. The van der Waals surface area contributed by atoms with Crippen LogP contribution < -0.4 is 10.7 Å². The van der Waals surface area contributed by atoms with Crippen LogP contribution in [0.4, 0.5) is 5.69 Å². The van der Waals surface area contributed by atoms with Crippen LogP contribution in [0.1, 0.15) is 18.1 Å². The molecule has 128 valence electrons. The molecule has 0 spiro atoms. The molecule has 0 bridgehead atoms. The van der Waals surface area contributed by atoms with Crippen LogP contribution in [0.25, 0.3) is 6.08 Å². The predicted octanol–water partition coefficient (Wildman–Crippen LogP) is 4.17. The van der Waals surface area contributed by atoms with Crippen molar-refractivity contribution in [3.05, 3.63) is 84.0 Å². The van der Waals surface area contributed by atoms with E-state index in [9.17, 15) is 4.79 Å². The smallest absolute Gasteiger partial charge is 0.259 e. The van der Waals surface area contributed by atoms with Crippen LogP contribution in [0, 0.1) is 6.92 Å². The maximum absolute atomic E-state index is 11.8. The molecule has 0 aliphatic carbocycles. The zero-order valence-corrected chi connectivity index (χ0v) is 14.6. The van der Waals surface area contributed by atoms with E-state index in [1.165, 1.54) is 5.56 Å². The molecule has 0 radical (unpaired) electrons. The van der Waals surface area contributed by atoms with Crippen molar-refractivity contribution in [2.24, 2.45) is 5.10 Å². The fraction of sp³-hybridized carbons (Fsp3) is 0.143. The Morgan fingerprint density at radius 1 is 1.04 bits per heavy atom. The normalized spacial score (nSPS) is 11.8. The number of rotatable bonds is 7. The third-order valence-electron chi connectivity index (χ3n) is 3.40. The molecule has 2 rings (SSSR count). The van der Waals surface area contributed by atoms with Gasteiger partial charge in [0.2, 0.25) is 0 Å². The number of anilines is 1. The number of aryl methyl sites for hydroxylation is 1. The molecule has 4 nitrogen and oxygen atoms in total. The van der Waals surface area contributed by atoms with E-state index in [0.29, 0.717) is 0 Å². The van der Waals surface area contributed by atoms with Gasteiger partial charge in [-0.2, -0.15) is 5.10 Å². The average molecular weight is 333 g/mol. The van der Waals surface area contributed by atoms with E-state index in [4.69, 9.17) is 0 Å². The van der Waals surface area contributed by atoms with Crippen molar-refractivity contribution in [2.45, 2.75) is 13.8 Å². The number of carbonyl (C=O) groups excluding carboxylic acids is 1. The summed E-state index contributed by atoms with van der Waals surface area (Å²) in [7, 11) is 0. The number of hydrazone groups is 1. The number of allylic oxidation sites excluding steroid dienone is 3. The fourth-order valence-electron chi connectivity index (χ4n) is 2.01. The molecule has 0 fully saturated rings. The molecule has 25 heavy (non-hydrogen) atoms. The predicted molar refractivity (Wildman–Crippen MR) is 106 cm³/mol. The van der Waals surface area contributed by atoms with Gasteiger partial charge in [0.15, 0.2) is 0 Å². The van der Waals surface area contributed by atoms with E-state index in [0.717, 1.165) is 17.0 Å². The first-order chi connectivity index (χ1) is 12.1. The Bertz CT molecular complexity index is 759. The number of benzene rings is 2. The number of hydrogen-bond donors (Lipinski definition) is 2. The number of hydrogen-bond acceptors (Lipinski definition) is 3. The Labute approximate surface area is 149 Å². The summed E-state index contributed by atoms with van der Waals surface area (Å²) < 4.78 is 0. The maximum atomic E-state index is 11.8. The first kappa shape index (κ1) is 18.2. The van der Waals surface area contributed by atoms with Crippen LogP contribution in [0.2, 0.25) is 0 Å². The highest BCUT2D eigenvalue weighted by molar-refractivity contribution is 5.94. The highest BCUT2D eigenvalue weighted by Crippen LogP contribution is 2.07. The summed E-state index contributed by atoms with van der Waals surface area (Å²) in [6.07, 6.45) is 7.68. The summed E-state index contributed by atoms with van der Waals surface area (Å²) in [5.74, 6) is -0.187. The Kier molecular flexibility index (Phi) is 7.19. The molecule has 1 amide bonds. The molecular weight excluding hydrogens is 310 g/mol. The van der Waals surface area contributed by atoms with Crippen molar-refractivity contribution in [3.63, 3.8) is 0 Å². The minimum Gasteiger partial charge on any atom is -0.376 e. The highest BCUT2D eigenvalue weighted by Gasteiger charge is 1.99. The summed E-state index contributed by atoms with van der Waals surface area (Å²) in [4.78, 5) is 11.8. The molecule has 2 N–H and O–H groups in total. The first-order valence-corrected chi connectivity index (χ1v) is 8.17. The molecule has 2 aromatic rings. The van der Waals surface area contributed by atoms with Crippen molar-refractivity contribution in [2.75, 3.05) is 11.9 Å². The van der Waals surface area contributed by atoms with E-state index < -0.39 is 0 Å². The molecule has 0 saturated heterocycles. The number of nitrogens with one attached hydrogen (secondary N) is 2. The molecule has 4 heteroatoms. The lowest BCUT2D eigenvalue weighted by Gasteiger charge is -2.05. The first-order valence-electron chi connectivity index (χ1n) is 8.17.